The molecule has 0 aromatic carbocycles. The average molecular weight is 143 g/mol. The van der Waals surface area contributed by atoms with Crippen molar-refractivity contribution in [1.29, 1.82) is 0 Å². The topological polar surface area (TPSA) is 20.3 Å². The van der Waals surface area contributed by atoms with Crippen LogP contribution >= 0.6 is 0 Å². The van der Waals surface area contributed by atoms with Crippen LogP contribution in [0.15, 0.2) is 0 Å². The van der Waals surface area contributed by atoms with Crippen LogP contribution in [0.5, 0.6) is 0 Å². The van der Waals surface area contributed by atoms with Gasteiger partial charge in [-0.05, 0) is 12.3 Å². The van der Waals surface area contributed by atoms with Crippen molar-refractivity contribution < 1.29 is 4.79 Å². The normalized spacial score (nSPS) is 10.0. The molecular formula is C8H17NO. The van der Waals surface area contributed by atoms with Crippen LogP contribution < -0.4 is 0 Å². The second kappa shape index (κ2) is 5.27. The van der Waals surface area contributed by atoms with Gasteiger partial charge in [-0.15, -0.1) is 0 Å². The second-order valence-electron chi connectivity index (χ2n) is 2.99. The van der Waals surface area contributed by atoms with Crippen LogP contribution in [0, 0.1) is 5.92 Å². The molecule has 2 nitrogen and oxygen atoms in total. The zero-order valence-corrected chi connectivity index (χ0v) is 7.13. The molecule has 0 bridgehead atoms. The SMILES string of the molecule is CCCN(C=O)CC(C)C. The van der Waals surface area contributed by atoms with Gasteiger partial charge in [0, 0.05) is 13.1 Å². The van der Waals surface area contributed by atoms with Gasteiger partial charge in [0.15, 0.2) is 0 Å². The molecule has 0 unspecified atom stereocenters. The summed E-state index contributed by atoms with van der Waals surface area (Å²) in [6, 6.07) is 0. The van der Waals surface area contributed by atoms with E-state index in [2.05, 4.69) is 20.8 Å². The Balaban J connectivity index is 3.49. The Morgan fingerprint density at radius 1 is 1.50 bits per heavy atom. The van der Waals surface area contributed by atoms with E-state index in [1.807, 2.05) is 4.90 Å². The fraction of sp³-hybridized carbons (Fsp3) is 0.875. The van der Waals surface area contributed by atoms with Crippen LogP contribution in [0.3, 0.4) is 0 Å². The molecule has 0 aliphatic heterocycles. The highest BCUT2D eigenvalue weighted by atomic mass is 16.1. The summed E-state index contributed by atoms with van der Waals surface area (Å²) < 4.78 is 0. The van der Waals surface area contributed by atoms with E-state index in [9.17, 15) is 4.79 Å². The van der Waals surface area contributed by atoms with Crippen LogP contribution in [-0.4, -0.2) is 24.4 Å². The largest absolute Gasteiger partial charge is 0.345 e. The molecule has 0 aromatic heterocycles. The summed E-state index contributed by atoms with van der Waals surface area (Å²) in [4.78, 5) is 12.2. The summed E-state index contributed by atoms with van der Waals surface area (Å²) in [5.41, 5.74) is 0. The van der Waals surface area contributed by atoms with Crippen LogP contribution in [0.4, 0.5) is 0 Å². The number of amides is 1. The lowest BCUT2D eigenvalue weighted by Crippen LogP contribution is -2.26. The lowest BCUT2D eigenvalue weighted by Gasteiger charge is -2.17. The molecule has 0 saturated heterocycles. The predicted molar refractivity (Wildman–Crippen MR) is 42.8 cm³/mol. The Morgan fingerprint density at radius 2 is 2.10 bits per heavy atom. The van der Waals surface area contributed by atoms with Gasteiger partial charge >= 0.3 is 0 Å². The van der Waals surface area contributed by atoms with E-state index in [4.69, 9.17) is 0 Å². The van der Waals surface area contributed by atoms with E-state index >= 15 is 0 Å². The van der Waals surface area contributed by atoms with E-state index < -0.39 is 0 Å². The maximum atomic E-state index is 10.4. The minimum Gasteiger partial charge on any atom is -0.345 e. The summed E-state index contributed by atoms with van der Waals surface area (Å²) in [5.74, 6) is 0.580. The number of hydrogen-bond donors (Lipinski definition) is 0. The number of hydrogen-bond acceptors (Lipinski definition) is 1. The molecule has 1 amide bonds. The number of nitrogens with zero attached hydrogens (tertiary/aromatic N) is 1. The monoisotopic (exact) mass is 143 g/mol. The summed E-state index contributed by atoms with van der Waals surface area (Å²) in [7, 11) is 0. The molecule has 2 heteroatoms. The van der Waals surface area contributed by atoms with Gasteiger partial charge in [0.1, 0.15) is 0 Å². The van der Waals surface area contributed by atoms with Crippen molar-refractivity contribution in [2.24, 2.45) is 5.92 Å². The van der Waals surface area contributed by atoms with Crippen molar-refractivity contribution in [3.63, 3.8) is 0 Å². The van der Waals surface area contributed by atoms with E-state index in [1.54, 1.807) is 0 Å². The zero-order chi connectivity index (χ0) is 7.98. The number of carbonyl (C=O) groups excluding carboxylic acids is 1. The van der Waals surface area contributed by atoms with Gasteiger partial charge in [-0.3, -0.25) is 4.79 Å². The smallest absolute Gasteiger partial charge is 0.209 e. The summed E-state index contributed by atoms with van der Waals surface area (Å²) in [5, 5.41) is 0. The average Bonchev–Trinajstić information content (AvgIpc) is 1.86. The number of rotatable bonds is 5. The molecule has 10 heavy (non-hydrogen) atoms. The summed E-state index contributed by atoms with van der Waals surface area (Å²) in [6.07, 6.45) is 1.98. The van der Waals surface area contributed by atoms with Crippen LogP contribution in [0.25, 0.3) is 0 Å². The van der Waals surface area contributed by atoms with Crippen LogP contribution in [0.1, 0.15) is 27.2 Å². The Bertz CT molecular complexity index is 91.3. The van der Waals surface area contributed by atoms with Crippen LogP contribution in [-0.2, 0) is 4.79 Å². The fourth-order valence-corrected chi connectivity index (χ4v) is 0.943. The highest BCUT2D eigenvalue weighted by Gasteiger charge is 2.01. The third kappa shape index (κ3) is 4.36. The minimum atomic E-state index is 0.580. The fourth-order valence-electron chi connectivity index (χ4n) is 0.943. The lowest BCUT2D eigenvalue weighted by molar-refractivity contribution is -0.118. The van der Waals surface area contributed by atoms with Gasteiger partial charge in [-0.2, -0.15) is 0 Å². The molecule has 0 radical (unpaired) electrons. The van der Waals surface area contributed by atoms with Crippen molar-refractivity contribution in [2.75, 3.05) is 13.1 Å². The van der Waals surface area contributed by atoms with E-state index in [0.717, 1.165) is 25.9 Å². The molecule has 0 aliphatic rings. The van der Waals surface area contributed by atoms with E-state index in [1.165, 1.54) is 0 Å². The van der Waals surface area contributed by atoms with Gasteiger partial charge in [0.05, 0.1) is 0 Å². The molecule has 60 valence electrons. The standard InChI is InChI=1S/C8H17NO/c1-4-5-9(7-10)6-8(2)3/h7-8H,4-6H2,1-3H3. The quantitative estimate of drug-likeness (QED) is 0.534. The summed E-state index contributed by atoms with van der Waals surface area (Å²) >= 11 is 0. The van der Waals surface area contributed by atoms with Crippen molar-refractivity contribution >= 4 is 6.41 Å². The molecule has 0 rings (SSSR count). The van der Waals surface area contributed by atoms with Gasteiger partial charge in [0.2, 0.25) is 6.41 Å². The molecule has 0 atom stereocenters. The van der Waals surface area contributed by atoms with Crippen molar-refractivity contribution in [1.82, 2.24) is 4.90 Å². The van der Waals surface area contributed by atoms with Gasteiger partial charge in [0.25, 0.3) is 0 Å². The second-order valence-corrected chi connectivity index (χ2v) is 2.99. The molecule has 0 heterocycles. The zero-order valence-electron chi connectivity index (χ0n) is 7.13. The molecule has 0 N–H and O–H groups in total. The third-order valence-electron chi connectivity index (χ3n) is 1.26. The molecule has 0 saturated carbocycles. The van der Waals surface area contributed by atoms with Gasteiger partial charge in [-0.25, -0.2) is 0 Å². The maximum absolute atomic E-state index is 10.4. The highest BCUT2D eigenvalue weighted by Crippen LogP contribution is 1.96. The highest BCUT2D eigenvalue weighted by molar-refractivity contribution is 5.46. The molecule has 0 fully saturated rings. The van der Waals surface area contributed by atoms with E-state index in [0.29, 0.717) is 5.92 Å². The van der Waals surface area contributed by atoms with Gasteiger partial charge in [-0.1, -0.05) is 20.8 Å². The molecule has 0 spiro atoms. The van der Waals surface area contributed by atoms with Crippen molar-refractivity contribution in [3.05, 3.63) is 0 Å². The Morgan fingerprint density at radius 3 is 2.40 bits per heavy atom. The van der Waals surface area contributed by atoms with Crippen molar-refractivity contribution in [3.8, 4) is 0 Å². The minimum absolute atomic E-state index is 0.580. The Kier molecular flexibility index (Phi) is 4.99. The Labute approximate surface area is 63.2 Å². The molecule has 0 aromatic rings. The first kappa shape index (κ1) is 9.47. The predicted octanol–water partition coefficient (Wildman–Crippen LogP) is 1.51. The molecule has 0 aliphatic carbocycles. The first-order valence-electron chi connectivity index (χ1n) is 3.90. The Hall–Kier alpha value is -0.530. The summed E-state index contributed by atoms with van der Waals surface area (Å²) in [6.45, 7) is 8.09. The molecular weight excluding hydrogens is 126 g/mol. The first-order valence-corrected chi connectivity index (χ1v) is 3.90. The van der Waals surface area contributed by atoms with Gasteiger partial charge < -0.3 is 4.90 Å². The van der Waals surface area contributed by atoms with Crippen LogP contribution in [0.2, 0.25) is 0 Å². The number of carbonyl (C=O) groups is 1. The first-order chi connectivity index (χ1) is 4.70. The third-order valence-corrected chi connectivity index (χ3v) is 1.26. The maximum Gasteiger partial charge on any atom is 0.209 e. The lowest BCUT2D eigenvalue weighted by atomic mass is 10.2. The van der Waals surface area contributed by atoms with E-state index in [-0.39, 0.29) is 0 Å². The van der Waals surface area contributed by atoms with Crippen molar-refractivity contribution in [2.45, 2.75) is 27.2 Å².